The van der Waals surface area contributed by atoms with Gasteiger partial charge in [0.15, 0.2) is 0 Å². The molecule has 146 valence electrons. The number of non-ortho nitro benzene ring substituents is 1. The quantitative estimate of drug-likeness (QED) is 0.478. The van der Waals surface area contributed by atoms with Gasteiger partial charge in [-0.2, -0.15) is 0 Å². The summed E-state index contributed by atoms with van der Waals surface area (Å²) in [5.41, 5.74) is 1.37. The molecule has 0 unspecified atom stereocenters. The van der Waals surface area contributed by atoms with Crippen LogP contribution in [-0.2, 0) is 9.47 Å². The summed E-state index contributed by atoms with van der Waals surface area (Å²) in [4.78, 5) is 37.0. The van der Waals surface area contributed by atoms with E-state index >= 15 is 0 Å². The second-order valence-electron chi connectivity index (χ2n) is 6.08. The third-order valence-corrected chi connectivity index (χ3v) is 4.33. The number of nitrogens with one attached hydrogen (secondary N) is 1. The SMILES string of the molecule is COC(=O)c1cc(NC(=O)c2cccc([N+](=O)[O-])c2)ccc1N1CCOCC1. The molecule has 0 spiro atoms. The van der Waals surface area contributed by atoms with Crippen LogP contribution in [-0.4, -0.2) is 50.2 Å². The van der Waals surface area contributed by atoms with E-state index in [1.165, 1.54) is 37.4 Å². The van der Waals surface area contributed by atoms with Crippen LogP contribution >= 0.6 is 0 Å². The minimum Gasteiger partial charge on any atom is -0.465 e. The third kappa shape index (κ3) is 4.26. The van der Waals surface area contributed by atoms with Gasteiger partial charge >= 0.3 is 5.97 Å². The van der Waals surface area contributed by atoms with Crippen molar-refractivity contribution in [3.05, 3.63) is 63.7 Å². The summed E-state index contributed by atoms with van der Waals surface area (Å²) < 4.78 is 10.2. The lowest BCUT2D eigenvalue weighted by atomic mass is 10.1. The highest BCUT2D eigenvalue weighted by Crippen LogP contribution is 2.26. The maximum absolute atomic E-state index is 12.4. The average Bonchev–Trinajstić information content (AvgIpc) is 2.73. The molecule has 1 fully saturated rings. The fourth-order valence-corrected chi connectivity index (χ4v) is 2.93. The molecule has 3 rings (SSSR count). The van der Waals surface area contributed by atoms with Crippen molar-refractivity contribution in [3.63, 3.8) is 0 Å². The van der Waals surface area contributed by atoms with Gasteiger partial charge in [0, 0.05) is 36.5 Å². The number of carbonyl (C=O) groups is 2. The molecule has 0 bridgehead atoms. The summed E-state index contributed by atoms with van der Waals surface area (Å²) in [5, 5.41) is 13.5. The number of methoxy groups -OCH3 is 1. The number of amides is 1. The fourth-order valence-electron chi connectivity index (χ4n) is 2.93. The Balaban J connectivity index is 1.86. The van der Waals surface area contributed by atoms with E-state index in [0.717, 1.165) is 0 Å². The smallest absolute Gasteiger partial charge is 0.340 e. The molecular formula is C19H19N3O6. The number of nitro groups is 1. The van der Waals surface area contributed by atoms with Crippen molar-refractivity contribution in [1.29, 1.82) is 0 Å². The van der Waals surface area contributed by atoms with E-state index in [-0.39, 0.29) is 11.3 Å². The number of esters is 1. The van der Waals surface area contributed by atoms with Gasteiger partial charge in [-0.1, -0.05) is 6.07 Å². The van der Waals surface area contributed by atoms with Gasteiger partial charge in [0.2, 0.25) is 0 Å². The highest BCUT2D eigenvalue weighted by atomic mass is 16.6. The van der Waals surface area contributed by atoms with Gasteiger partial charge in [0.1, 0.15) is 0 Å². The lowest BCUT2D eigenvalue weighted by Crippen LogP contribution is -2.37. The van der Waals surface area contributed by atoms with Crippen LogP contribution in [0, 0.1) is 10.1 Å². The number of nitro benzene ring substituents is 1. The van der Waals surface area contributed by atoms with E-state index in [9.17, 15) is 19.7 Å². The molecule has 2 aromatic rings. The molecule has 0 aromatic heterocycles. The molecule has 0 saturated carbocycles. The van der Waals surface area contributed by atoms with E-state index in [2.05, 4.69) is 5.32 Å². The van der Waals surface area contributed by atoms with Gasteiger partial charge in [0.25, 0.3) is 11.6 Å². The molecule has 1 amide bonds. The van der Waals surface area contributed by atoms with Crippen molar-refractivity contribution in [2.45, 2.75) is 0 Å². The monoisotopic (exact) mass is 385 g/mol. The molecular weight excluding hydrogens is 366 g/mol. The van der Waals surface area contributed by atoms with Gasteiger partial charge in [-0.25, -0.2) is 4.79 Å². The highest BCUT2D eigenvalue weighted by Gasteiger charge is 2.20. The molecule has 1 N–H and O–H groups in total. The lowest BCUT2D eigenvalue weighted by Gasteiger charge is -2.30. The summed E-state index contributed by atoms with van der Waals surface area (Å²) in [6, 6.07) is 10.4. The van der Waals surface area contributed by atoms with Crippen LogP contribution in [0.1, 0.15) is 20.7 Å². The van der Waals surface area contributed by atoms with Gasteiger partial charge in [-0.15, -0.1) is 0 Å². The molecule has 9 heteroatoms. The first-order valence-electron chi connectivity index (χ1n) is 8.60. The van der Waals surface area contributed by atoms with Gasteiger partial charge in [0.05, 0.1) is 36.5 Å². The molecule has 0 atom stereocenters. The van der Waals surface area contributed by atoms with Crippen molar-refractivity contribution < 1.29 is 24.0 Å². The van der Waals surface area contributed by atoms with Crippen LogP contribution in [0.3, 0.4) is 0 Å². The number of hydrogen-bond donors (Lipinski definition) is 1. The zero-order valence-electron chi connectivity index (χ0n) is 15.2. The lowest BCUT2D eigenvalue weighted by molar-refractivity contribution is -0.384. The van der Waals surface area contributed by atoms with Crippen molar-refractivity contribution >= 4 is 28.9 Å². The number of morpholine rings is 1. The van der Waals surface area contributed by atoms with Gasteiger partial charge in [-0.05, 0) is 24.3 Å². The summed E-state index contributed by atoms with van der Waals surface area (Å²) >= 11 is 0. The Morgan fingerprint density at radius 2 is 1.93 bits per heavy atom. The number of ether oxygens (including phenoxy) is 2. The van der Waals surface area contributed by atoms with E-state index in [1.807, 2.05) is 4.90 Å². The number of anilines is 2. The van der Waals surface area contributed by atoms with Crippen LogP contribution in [0.15, 0.2) is 42.5 Å². The Bertz CT molecular complexity index is 908. The molecule has 1 saturated heterocycles. The number of hydrogen-bond acceptors (Lipinski definition) is 7. The zero-order chi connectivity index (χ0) is 20.1. The van der Waals surface area contributed by atoms with Crippen LogP contribution in [0.4, 0.5) is 17.1 Å². The second kappa shape index (κ2) is 8.49. The normalized spacial score (nSPS) is 13.7. The Hall–Kier alpha value is -3.46. The Labute approximate surface area is 161 Å². The topological polar surface area (TPSA) is 111 Å². The maximum Gasteiger partial charge on any atom is 0.340 e. The van der Waals surface area contributed by atoms with E-state index < -0.39 is 16.8 Å². The van der Waals surface area contributed by atoms with E-state index in [0.29, 0.717) is 43.2 Å². The molecule has 1 aliphatic heterocycles. The number of nitrogens with zero attached hydrogens (tertiary/aromatic N) is 2. The summed E-state index contributed by atoms with van der Waals surface area (Å²) in [6.07, 6.45) is 0. The average molecular weight is 385 g/mol. The fraction of sp³-hybridized carbons (Fsp3) is 0.263. The van der Waals surface area contributed by atoms with Crippen molar-refractivity contribution in [2.24, 2.45) is 0 Å². The molecule has 1 heterocycles. The van der Waals surface area contributed by atoms with Crippen LogP contribution in [0.25, 0.3) is 0 Å². The maximum atomic E-state index is 12.4. The van der Waals surface area contributed by atoms with Gasteiger partial charge in [-0.3, -0.25) is 14.9 Å². The molecule has 0 aliphatic carbocycles. The molecule has 0 radical (unpaired) electrons. The minimum absolute atomic E-state index is 0.145. The number of carbonyl (C=O) groups excluding carboxylic acids is 2. The van der Waals surface area contributed by atoms with Gasteiger partial charge < -0.3 is 19.7 Å². The molecule has 28 heavy (non-hydrogen) atoms. The summed E-state index contributed by atoms with van der Waals surface area (Å²) in [7, 11) is 1.29. The van der Waals surface area contributed by atoms with Crippen molar-refractivity contribution in [1.82, 2.24) is 0 Å². The Morgan fingerprint density at radius 3 is 2.61 bits per heavy atom. The summed E-state index contributed by atoms with van der Waals surface area (Å²) in [6.45, 7) is 2.41. The highest BCUT2D eigenvalue weighted by molar-refractivity contribution is 6.06. The van der Waals surface area contributed by atoms with Crippen molar-refractivity contribution in [2.75, 3.05) is 43.6 Å². The van der Waals surface area contributed by atoms with Crippen molar-refractivity contribution in [3.8, 4) is 0 Å². The number of benzene rings is 2. The predicted molar refractivity (Wildman–Crippen MR) is 102 cm³/mol. The van der Waals surface area contributed by atoms with Crippen LogP contribution < -0.4 is 10.2 Å². The first-order chi connectivity index (χ1) is 13.5. The molecule has 2 aromatic carbocycles. The molecule has 9 nitrogen and oxygen atoms in total. The third-order valence-electron chi connectivity index (χ3n) is 4.33. The Kier molecular flexibility index (Phi) is 5.85. The largest absolute Gasteiger partial charge is 0.465 e. The van der Waals surface area contributed by atoms with Crippen LogP contribution in [0.5, 0.6) is 0 Å². The van der Waals surface area contributed by atoms with E-state index in [4.69, 9.17) is 9.47 Å². The molecule has 1 aliphatic rings. The first kappa shape index (κ1) is 19.3. The standard InChI is InChI=1S/C19H19N3O6/c1-27-19(24)16-12-14(5-6-17(16)21-7-9-28-10-8-21)20-18(23)13-3-2-4-15(11-13)22(25)26/h2-6,11-12H,7-10H2,1H3,(H,20,23). The first-order valence-corrected chi connectivity index (χ1v) is 8.60. The second-order valence-corrected chi connectivity index (χ2v) is 6.08. The Morgan fingerprint density at radius 1 is 1.18 bits per heavy atom. The summed E-state index contributed by atoms with van der Waals surface area (Å²) in [5.74, 6) is -1.04. The predicted octanol–water partition coefficient (Wildman–Crippen LogP) is 2.47. The van der Waals surface area contributed by atoms with E-state index in [1.54, 1.807) is 12.1 Å². The van der Waals surface area contributed by atoms with Crippen LogP contribution in [0.2, 0.25) is 0 Å². The minimum atomic E-state index is -0.566. The zero-order valence-corrected chi connectivity index (χ0v) is 15.2. The number of rotatable bonds is 5.